The summed E-state index contributed by atoms with van der Waals surface area (Å²) in [5.74, 6) is 0.306. The molecule has 34 heavy (non-hydrogen) atoms. The lowest BCUT2D eigenvalue weighted by Crippen LogP contribution is -2.15. The molecule has 0 amide bonds. The summed E-state index contributed by atoms with van der Waals surface area (Å²) in [6, 6.07) is 23.6. The van der Waals surface area contributed by atoms with E-state index in [1.54, 1.807) is 18.2 Å². The molecule has 2 N–H and O–H groups in total. The highest BCUT2D eigenvalue weighted by Gasteiger charge is 2.23. The summed E-state index contributed by atoms with van der Waals surface area (Å²) in [6.07, 6.45) is 1.54. The second-order valence-corrected chi connectivity index (χ2v) is 8.87. The summed E-state index contributed by atoms with van der Waals surface area (Å²) in [5.41, 5.74) is 3.39. The molecule has 0 atom stereocenters. The van der Waals surface area contributed by atoms with Crippen LogP contribution in [0.1, 0.15) is 5.56 Å². The number of nitro groups is 1. The van der Waals surface area contributed by atoms with Crippen LogP contribution in [0.4, 0.5) is 17.1 Å². The molecule has 0 radical (unpaired) electrons. The highest BCUT2D eigenvalue weighted by Crippen LogP contribution is 2.31. The fourth-order valence-electron chi connectivity index (χ4n) is 3.33. The largest absolute Gasteiger partial charge is 0.495 e. The van der Waals surface area contributed by atoms with E-state index in [0.717, 1.165) is 22.4 Å². The van der Waals surface area contributed by atoms with Crippen LogP contribution in [0.15, 0.2) is 94.9 Å². The minimum Gasteiger partial charge on any atom is -0.495 e. The molecule has 0 heterocycles. The van der Waals surface area contributed by atoms with Crippen molar-refractivity contribution in [2.75, 3.05) is 17.3 Å². The number of hydrazone groups is 1. The SMILES string of the molecule is COc1ccccc1NS(=O)(=O)c1cc([N+](=O)[O-])ccc1N/N=C/c1ccc2ccccc2c1. The molecule has 0 unspecified atom stereocenters. The molecule has 0 saturated carbocycles. The van der Waals surface area contributed by atoms with Gasteiger partial charge in [0.1, 0.15) is 10.6 Å². The summed E-state index contributed by atoms with van der Waals surface area (Å²) in [4.78, 5) is 10.3. The summed E-state index contributed by atoms with van der Waals surface area (Å²) < 4.78 is 33.9. The quantitative estimate of drug-likeness (QED) is 0.209. The monoisotopic (exact) mass is 476 g/mol. The van der Waals surface area contributed by atoms with Crippen LogP contribution in [0, 0.1) is 10.1 Å². The van der Waals surface area contributed by atoms with Crippen molar-refractivity contribution < 1.29 is 18.1 Å². The smallest absolute Gasteiger partial charge is 0.270 e. The van der Waals surface area contributed by atoms with Crippen molar-refractivity contribution in [3.63, 3.8) is 0 Å². The van der Waals surface area contributed by atoms with Crippen LogP contribution in [0.3, 0.4) is 0 Å². The molecule has 4 rings (SSSR count). The predicted octanol–water partition coefficient (Wildman–Crippen LogP) is 5.00. The van der Waals surface area contributed by atoms with E-state index < -0.39 is 14.9 Å². The number of sulfonamides is 1. The second kappa shape index (κ2) is 9.59. The molecule has 0 aliphatic heterocycles. The number of nitrogens with zero attached hydrogens (tertiary/aromatic N) is 2. The molecule has 10 heteroatoms. The lowest BCUT2D eigenvalue weighted by atomic mass is 10.1. The van der Waals surface area contributed by atoms with E-state index in [1.165, 1.54) is 31.5 Å². The molecule has 0 aliphatic rings. The normalized spacial score (nSPS) is 11.4. The van der Waals surface area contributed by atoms with Gasteiger partial charge in [0.2, 0.25) is 0 Å². The Morgan fingerprint density at radius 3 is 2.41 bits per heavy atom. The third-order valence-corrected chi connectivity index (χ3v) is 6.39. The van der Waals surface area contributed by atoms with Crippen LogP contribution in [-0.4, -0.2) is 26.7 Å². The van der Waals surface area contributed by atoms with Gasteiger partial charge in [0.15, 0.2) is 0 Å². The number of fused-ring (bicyclic) bond motifs is 1. The number of nitrogens with one attached hydrogen (secondary N) is 2. The third kappa shape index (κ3) is 4.97. The number of hydrogen-bond donors (Lipinski definition) is 2. The Hall–Kier alpha value is -4.44. The number of rotatable bonds is 8. The van der Waals surface area contributed by atoms with Gasteiger partial charge in [-0.25, -0.2) is 8.42 Å². The van der Waals surface area contributed by atoms with Gasteiger partial charge in [-0.3, -0.25) is 20.3 Å². The van der Waals surface area contributed by atoms with Crippen LogP contribution in [-0.2, 0) is 10.0 Å². The maximum Gasteiger partial charge on any atom is 0.270 e. The summed E-state index contributed by atoms with van der Waals surface area (Å²) >= 11 is 0. The van der Waals surface area contributed by atoms with Gasteiger partial charge in [-0.05, 0) is 40.6 Å². The van der Waals surface area contributed by atoms with Crippen molar-refractivity contribution >= 4 is 44.1 Å². The topological polar surface area (TPSA) is 123 Å². The zero-order valence-electron chi connectivity index (χ0n) is 18.0. The van der Waals surface area contributed by atoms with Gasteiger partial charge in [0.25, 0.3) is 15.7 Å². The number of hydrogen-bond acceptors (Lipinski definition) is 7. The molecule has 9 nitrogen and oxygen atoms in total. The summed E-state index contributed by atoms with van der Waals surface area (Å²) in [7, 11) is -2.82. The Kier molecular flexibility index (Phi) is 6.42. The lowest BCUT2D eigenvalue weighted by Gasteiger charge is -2.14. The van der Waals surface area contributed by atoms with Gasteiger partial charge in [0, 0.05) is 12.1 Å². The number of benzene rings is 4. The van der Waals surface area contributed by atoms with Gasteiger partial charge in [-0.1, -0.05) is 48.5 Å². The molecular formula is C24H20N4O5S. The molecule has 0 spiro atoms. The van der Waals surface area contributed by atoms with Crippen LogP contribution < -0.4 is 14.9 Å². The molecule has 4 aromatic rings. The highest BCUT2D eigenvalue weighted by atomic mass is 32.2. The Balaban J connectivity index is 1.65. The predicted molar refractivity (Wildman–Crippen MR) is 132 cm³/mol. The van der Waals surface area contributed by atoms with E-state index in [0.29, 0.717) is 5.75 Å². The first-order valence-electron chi connectivity index (χ1n) is 10.1. The number of non-ortho nitro benzene ring substituents is 1. The van der Waals surface area contributed by atoms with E-state index in [-0.39, 0.29) is 22.0 Å². The Morgan fingerprint density at radius 2 is 1.65 bits per heavy atom. The third-order valence-electron chi connectivity index (χ3n) is 4.99. The molecule has 172 valence electrons. The average Bonchev–Trinajstić information content (AvgIpc) is 2.84. The minimum absolute atomic E-state index is 0.0741. The van der Waals surface area contributed by atoms with Crippen LogP contribution >= 0.6 is 0 Å². The van der Waals surface area contributed by atoms with Crippen molar-refractivity contribution in [2.24, 2.45) is 5.10 Å². The minimum atomic E-state index is -4.23. The fourth-order valence-corrected chi connectivity index (χ4v) is 4.58. The van der Waals surface area contributed by atoms with Crippen molar-refractivity contribution in [1.29, 1.82) is 0 Å². The van der Waals surface area contributed by atoms with E-state index in [9.17, 15) is 18.5 Å². The maximum absolute atomic E-state index is 13.2. The summed E-state index contributed by atoms with van der Waals surface area (Å²) in [5, 5.41) is 17.5. The number of ether oxygens (including phenoxy) is 1. The summed E-state index contributed by atoms with van der Waals surface area (Å²) in [6.45, 7) is 0. The lowest BCUT2D eigenvalue weighted by molar-refractivity contribution is -0.385. The Morgan fingerprint density at radius 1 is 0.912 bits per heavy atom. The average molecular weight is 477 g/mol. The molecule has 0 bridgehead atoms. The van der Waals surface area contributed by atoms with Crippen LogP contribution in [0.25, 0.3) is 10.8 Å². The van der Waals surface area contributed by atoms with Crippen LogP contribution in [0.2, 0.25) is 0 Å². The first-order chi connectivity index (χ1) is 16.4. The molecule has 0 fully saturated rings. The van der Waals surface area contributed by atoms with Crippen molar-refractivity contribution in [3.8, 4) is 5.75 Å². The van der Waals surface area contributed by atoms with Gasteiger partial charge in [0.05, 0.1) is 29.6 Å². The first-order valence-corrected chi connectivity index (χ1v) is 11.6. The van der Waals surface area contributed by atoms with Crippen molar-refractivity contribution in [1.82, 2.24) is 0 Å². The highest BCUT2D eigenvalue weighted by molar-refractivity contribution is 7.93. The Labute approximate surface area is 195 Å². The zero-order valence-corrected chi connectivity index (χ0v) is 18.8. The fraction of sp³-hybridized carbons (Fsp3) is 0.0417. The second-order valence-electron chi connectivity index (χ2n) is 7.22. The molecule has 0 saturated heterocycles. The van der Waals surface area contributed by atoms with Gasteiger partial charge in [-0.2, -0.15) is 5.10 Å². The van der Waals surface area contributed by atoms with E-state index in [1.807, 2.05) is 42.5 Å². The molecule has 4 aromatic carbocycles. The van der Waals surface area contributed by atoms with E-state index >= 15 is 0 Å². The number of methoxy groups -OCH3 is 1. The van der Waals surface area contributed by atoms with Crippen molar-refractivity contribution in [2.45, 2.75) is 4.90 Å². The van der Waals surface area contributed by atoms with Gasteiger partial charge < -0.3 is 4.74 Å². The number of nitro benzene ring substituents is 1. The van der Waals surface area contributed by atoms with E-state index in [2.05, 4.69) is 15.2 Å². The maximum atomic E-state index is 13.2. The molecular weight excluding hydrogens is 456 g/mol. The molecule has 0 aliphatic carbocycles. The number of para-hydroxylation sites is 2. The standard InChI is InChI=1S/C24H20N4O5S/c1-33-23-9-5-4-8-21(23)27-34(31,32)24-15-20(28(29)30)12-13-22(24)26-25-16-17-10-11-18-6-2-3-7-19(18)14-17/h2-16,26-27H,1H3/b25-16+. The first kappa shape index (κ1) is 22.7. The van der Waals surface area contributed by atoms with E-state index in [4.69, 9.17) is 4.74 Å². The van der Waals surface area contributed by atoms with Gasteiger partial charge in [-0.15, -0.1) is 0 Å². The van der Waals surface area contributed by atoms with Crippen molar-refractivity contribution in [3.05, 3.63) is 101 Å². The van der Waals surface area contributed by atoms with Crippen LogP contribution in [0.5, 0.6) is 5.75 Å². The number of anilines is 2. The molecule has 0 aromatic heterocycles. The van der Waals surface area contributed by atoms with Gasteiger partial charge >= 0.3 is 0 Å². The zero-order chi connectivity index (χ0) is 24.1. The Bertz CT molecular complexity index is 1500.